The van der Waals surface area contributed by atoms with Crippen molar-refractivity contribution in [1.29, 1.82) is 0 Å². The molecule has 0 saturated carbocycles. The van der Waals surface area contributed by atoms with E-state index in [1.54, 1.807) is 0 Å². The molecule has 0 aliphatic heterocycles. The molecule has 300 valence electrons. The summed E-state index contributed by atoms with van der Waals surface area (Å²) < 4.78 is 13.7. The van der Waals surface area contributed by atoms with Crippen LogP contribution in [0.2, 0.25) is 0 Å². The van der Waals surface area contributed by atoms with Gasteiger partial charge in [-0.3, -0.25) is 0 Å². The molecular formula is C60H38N2O2. The zero-order valence-electron chi connectivity index (χ0n) is 34.7. The average molecular weight is 819 g/mol. The van der Waals surface area contributed by atoms with Gasteiger partial charge in [-0.05, 0) is 86.8 Å². The number of aromatic nitrogens is 1. The van der Waals surface area contributed by atoms with Crippen LogP contribution in [-0.2, 0) is 5.41 Å². The normalized spacial score (nSPS) is 12.8. The maximum Gasteiger partial charge on any atom is 0.229 e. The van der Waals surface area contributed by atoms with Crippen molar-refractivity contribution in [3.8, 4) is 33.7 Å². The summed E-state index contributed by atoms with van der Waals surface area (Å²) in [5.74, 6) is 0.537. The first-order chi connectivity index (χ1) is 31.7. The van der Waals surface area contributed by atoms with Gasteiger partial charge in [0.15, 0.2) is 5.58 Å². The maximum atomic E-state index is 6.98. The van der Waals surface area contributed by atoms with Crippen molar-refractivity contribution in [3.05, 3.63) is 253 Å². The Balaban J connectivity index is 1.15. The fourth-order valence-corrected chi connectivity index (χ4v) is 10.4. The highest BCUT2D eigenvalue weighted by Crippen LogP contribution is 2.60. The van der Waals surface area contributed by atoms with Crippen LogP contribution in [0.25, 0.3) is 77.5 Å². The molecule has 0 bridgehead atoms. The lowest BCUT2D eigenvalue weighted by Crippen LogP contribution is -2.28. The fraction of sp³-hybridized carbons (Fsp3) is 0.0167. The molecule has 4 nitrogen and oxygen atoms in total. The number of anilines is 3. The molecule has 0 saturated heterocycles. The van der Waals surface area contributed by atoms with Crippen LogP contribution in [0.3, 0.4) is 0 Å². The molecule has 2 heterocycles. The molecule has 1 aliphatic rings. The van der Waals surface area contributed by atoms with Gasteiger partial charge in [0.05, 0.1) is 22.4 Å². The largest absolute Gasteiger partial charge is 0.455 e. The van der Waals surface area contributed by atoms with E-state index in [-0.39, 0.29) is 0 Å². The lowest BCUT2D eigenvalue weighted by atomic mass is 9.68. The van der Waals surface area contributed by atoms with Crippen molar-refractivity contribution < 1.29 is 8.83 Å². The Labute approximate surface area is 369 Å². The molecule has 0 unspecified atom stereocenters. The Morgan fingerprint density at radius 3 is 1.84 bits per heavy atom. The maximum absolute atomic E-state index is 6.98. The van der Waals surface area contributed by atoms with Crippen molar-refractivity contribution in [2.75, 3.05) is 4.90 Å². The molecule has 0 amide bonds. The minimum absolute atomic E-state index is 0.537. The number of furan rings is 1. The smallest absolute Gasteiger partial charge is 0.229 e. The first-order valence-electron chi connectivity index (χ1n) is 21.8. The second-order valence-corrected chi connectivity index (χ2v) is 16.6. The summed E-state index contributed by atoms with van der Waals surface area (Å²) in [4.78, 5) is 7.57. The van der Waals surface area contributed by atoms with Gasteiger partial charge in [-0.15, -0.1) is 0 Å². The van der Waals surface area contributed by atoms with Gasteiger partial charge in [0.1, 0.15) is 16.7 Å². The molecule has 0 N–H and O–H groups in total. The third kappa shape index (κ3) is 5.39. The van der Waals surface area contributed by atoms with Gasteiger partial charge in [0.2, 0.25) is 5.89 Å². The highest BCUT2D eigenvalue weighted by atomic mass is 16.3. The molecule has 12 aromatic rings. The summed E-state index contributed by atoms with van der Waals surface area (Å²) in [6.07, 6.45) is 0. The quantitative estimate of drug-likeness (QED) is 0.161. The van der Waals surface area contributed by atoms with Gasteiger partial charge in [0, 0.05) is 33.5 Å². The van der Waals surface area contributed by atoms with Crippen LogP contribution in [0.5, 0.6) is 0 Å². The van der Waals surface area contributed by atoms with Crippen LogP contribution in [0.1, 0.15) is 22.3 Å². The number of nitrogens with zero attached hydrogens (tertiary/aromatic N) is 2. The van der Waals surface area contributed by atoms with Crippen molar-refractivity contribution in [1.82, 2.24) is 4.98 Å². The lowest BCUT2D eigenvalue weighted by molar-refractivity contribution is 0.620. The molecule has 0 fully saturated rings. The number of benzene rings is 10. The van der Waals surface area contributed by atoms with Gasteiger partial charge >= 0.3 is 0 Å². The number of fused-ring (bicyclic) bond motifs is 9. The second-order valence-electron chi connectivity index (χ2n) is 16.6. The van der Waals surface area contributed by atoms with Crippen LogP contribution >= 0.6 is 0 Å². The van der Waals surface area contributed by atoms with Crippen LogP contribution in [-0.4, -0.2) is 4.98 Å². The summed E-state index contributed by atoms with van der Waals surface area (Å²) >= 11 is 0. The third-order valence-electron chi connectivity index (χ3n) is 13.2. The SMILES string of the molecule is c1ccc(-c2ccc(N(c3cc4oc5c6ccccc6ccc5c4cc3-c3nc4ccccc4o3)c3cccc4c3-c3ccccc3C4(c3ccccc3)c3ccccc3)cc2)cc1. The Kier molecular flexibility index (Phi) is 8.09. The van der Waals surface area contributed by atoms with E-state index in [4.69, 9.17) is 13.8 Å². The van der Waals surface area contributed by atoms with Crippen LogP contribution in [0, 0.1) is 0 Å². The first kappa shape index (κ1) is 36.2. The van der Waals surface area contributed by atoms with E-state index in [2.05, 4.69) is 211 Å². The van der Waals surface area contributed by atoms with Gasteiger partial charge < -0.3 is 13.7 Å². The predicted molar refractivity (Wildman–Crippen MR) is 262 cm³/mol. The molecule has 4 heteroatoms. The minimum atomic E-state index is -0.583. The Morgan fingerprint density at radius 2 is 1.06 bits per heavy atom. The molecule has 10 aromatic carbocycles. The Bertz CT molecular complexity index is 3650. The number of para-hydroxylation sites is 2. The van der Waals surface area contributed by atoms with Crippen LogP contribution < -0.4 is 4.90 Å². The van der Waals surface area contributed by atoms with E-state index in [0.717, 1.165) is 83.1 Å². The summed E-state index contributed by atoms with van der Waals surface area (Å²) in [5.41, 5.74) is 15.9. The van der Waals surface area contributed by atoms with E-state index >= 15 is 0 Å². The molecule has 1 aliphatic carbocycles. The van der Waals surface area contributed by atoms with Gasteiger partial charge in [-0.2, -0.15) is 0 Å². The molecule has 0 atom stereocenters. The van der Waals surface area contributed by atoms with Crippen molar-refractivity contribution in [3.63, 3.8) is 0 Å². The molecule has 64 heavy (non-hydrogen) atoms. The highest BCUT2D eigenvalue weighted by Gasteiger charge is 2.47. The van der Waals surface area contributed by atoms with E-state index < -0.39 is 5.41 Å². The molecule has 0 spiro atoms. The number of hydrogen-bond donors (Lipinski definition) is 0. The topological polar surface area (TPSA) is 42.4 Å². The zero-order valence-corrected chi connectivity index (χ0v) is 34.7. The lowest BCUT2D eigenvalue weighted by Gasteiger charge is -2.34. The third-order valence-corrected chi connectivity index (χ3v) is 13.2. The predicted octanol–water partition coefficient (Wildman–Crippen LogP) is 16.0. The summed E-state index contributed by atoms with van der Waals surface area (Å²) in [6.45, 7) is 0. The molecule has 13 rings (SSSR count). The summed E-state index contributed by atoms with van der Waals surface area (Å²) in [7, 11) is 0. The van der Waals surface area contributed by atoms with Gasteiger partial charge in [-0.25, -0.2) is 4.98 Å². The zero-order chi connectivity index (χ0) is 42.2. The first-order valence-corrected chi connectivity index (χ1v) is 21.8. The fourth-order valence-electron chi connectivity index (χ4n) is 10.4. The van der Waals surface area contributed by atoms with E-state index in [9.17, 15) is 0 Å². The van der Waals surface area contributed by atoms with E-state index in [1.807, 2.05) is 24.3 Å². The summed E-state index contributed by atoms with van der Waals surface area (Å²) in [6, 6.07) is 82.3. The van der Waals surface area contributed by atoms with Crippen molar-refractivity contribution in [2.24, 2.45) is 0 Å². The van der Waals surface area contributed by atoms with Gasteiger partial charge in [-0.1, -0.05) is 182 Å². The van der Waals surface area contributed by atoms with Crippen molar-refractivity contribution >= 4 is 60.9 Å². The standard InChI is InChI=1S/C60H38N2O2/c1-4-17-39(18-5-1)40-31-34-44(35-32-40)62(53-29-16-27-51-57(53)47-25-12-13-26-50(47)60(51,42-20-6-2-7-21-42)43-22-8-3-9-23-43)54-38-56-48(37-49(54)59-61-52-28-14-15-30-55(52)64-59)46-36-33-41-19-10-11-24-45(41)58(46)63-56/h1-38H. The monoisotopic (exact) mass is 818 g/mol. The summed E-state index contributed by atoms with van der Waals surface area (Å²) in [5, 5.41) is 4.25. The average Bonchev–Trinajstić information content (AvgIpc) is 4.06. The Morgan fingerprint density at radius 1 is 0.406 bits per heavy atom. The van der Waals surface area contributed by atoms with Crippen LogP contribution in [0.4, 0.5) is 17.1 Å². The van der Waals surface area contributed by atoms with Crippen molar-refractivity contribution in [2.45, 2.75) is 5.41 Å². The molecular weight excluding hydrogens is 781 g/mol. The number of rotatable bonds is 7. The van der Waals surface area contributed by atoms with Gasteiger partial charge in [0.25, 0.3) is 0 Å². The second kappa shape index (κ2) is 14.3. The number of hydrogen-bond acceptors (Lipinski definition) is 4. The minimum Gasteiger partial charge on any atom is -0.455 e. The van der Waals surface area contributed by atoms with E-state index in [1.165, 1.54) is 27.8 Å². The van der Waals surface area contributed by atoms with Crippen LogP contribution in [0.15, 0.2) is 239 Å². The molecule has 0 radical (unpaired) electrons. The Hall–Kier alpha value is -8.47. The molecule has 2 aromatic heterocycles. The number of oxazole rings is 1. The van der Waals surface area contributed by atoms with E-state index in [0.29, 0.717) is 5.89 Å². The highest BCUT2D eigenvalue weighted by molar-refractivity contribution is 6.17.